The maximum absolute atomic E-state index is 13.3. The van der Waals surface area contributed by atoms with Gasteiger partial charge in [-0.3, -0.25) is 4.90 Å². The summed E-state index contributed by atoms with van der Waals surface area (Å²) in [6, 6.07) is 10.2. The van der Waals surface area contributed by atoms with Crippen molar-refractivity contribution >= 4 is 6.03 Å². The molecule has 2 atom stereocenters. The average Bonchev–Trinajstić information content (AvgIpc) is 2.74. The highest BCUT2D eigenvalue weighted by Crippen LogP contribution is 2.40. The predicted octanol–water partition coefficient (Wildman–Crippen LogP) is 3.65. The summed E-state index contributed by atoms with van der Waals surface area (Å²) in [5, 5.41) is 5.85. The first-order valence-corrected chi connectivity index (χ1v) is 10.2. The van der Waals surface area contributed by atoms with Crippen LogP contribution in [0, 0.1) is 5.82 Å². The number of rotatable bonds is 7. The van der Waals surface area contributed by atoms with Gasteiger partial charge in [-0.05, 0) is 61.2 Å². The number of halogens is 1. The second-order valence-corrected chi connectivity index (χ2v) is 7.49. The van der Waals surface area contributed by atoms with Gasteiger partial charge in [0.25, 0.3) is 0 Å². The van der Waals surface area contributed by atoms with Crippen molar-refractivity contribution in [2.45, 2.75) is 38.9 Å². The lowest BCUT2D eigenvalue weighted by Gasteiger charge is -2.41. The number of hydrogen-bond donors (Lipinski definition) is 2. The summed E-state index contributed by atoms with van der Waals surface area (Å²) in [7, 11) is 3.25. The Kier molecular flexibility index (Phi) is 7.15. The molecule has 2 amide bonds. The third-order valence-corrected chi connectivity index (χ3v) is 5.49. The van der Waals surface area contributed by atoms with Crippen molar-refractivity contribution in [2.24, 2.45) is 0 Å². The van der Waals surface area contributed by atoms with Gasteiger partial charge in [0.2, 0.25) is 0 Å². The molecule has 2 aromatic rings. The fourth-order valence-corrected chi connectivity index (χ4v) is 4.11. The molecule has 0 saturated carbocycles. The maximum Gasteiger partial charge on any atom is 0.315 e. The van der Waals surface area contributed by atoms with E-state index in [1.54, 1.807) is 26.4 Å². The average molecular weight is 416 g/mol. The summed E-state index contributed by atoms with van der Waals surface area (Å²) < 4.78 is 24.4. The van der Waals surface area contributed by atoms with Crippen molar-refractivity contribution in [2.75, 3.05) is 27.3 Å². The van der Waals surface area contributed by atoms with E-state index in [0.29, 0.717) is 24.6 Å². The smallest absolute Gasteiger partial charge is 0.315 e. The number of nitrogens with zero attached hydrogens (tertiary/aromatic N) is 1. The number of carbonyl (C=O) groups excluding carboxylic acids is 1. The Morgan fingerprint density at radius 1 is 1.20 bits per heavy atom. The van der Waals surface area contributed by atoms with Gasteiger partial charge in [0.1, 0.15) is 5.82 Å². The molecule has 6 nitrogen and oxygen atoms in total. The molecule has 2 aromatic carbocycles. The molecule has 1 aliphatic heterocycles. The summed E-state index contributed by atoms with van der Waals surface area (Å²) in [5.41, 5.74) is 3.30. The third kappa shape index (κ3) is 4.84. The van der Waals surface area contributed by atoms with Crippen LogP contribution in [0.15, 0.2) is 36.4 Å². The lowest BCUT2D eigenvalue weighted by atomic mass is 9.87. The standard InChI is InChI=1S/C23H30FN3O3/c1-5-25-23(28)26-15(2)22-19-13-21(30-4)20(29-3)12-17(19)10-11-27(22)14-16-6-8-18(24)9-7-16/h6-9,12-13,15,22H,5,10-11,14H2,1-4H3,(H2,25,26,28)/t15-,22-/m0/s1. The Morgan fingerprint density at radius 3 is 2.50 bits per heavy atom. The van der Waals surface area contributed by atoms with Crippen molar-refractivity contribution in [3.63, 3.8) is 0 Å². The number of amides is 2. The minimum Gasteiger partial charge on any atom is -0.493 e. The van der Waals surface area contributed by atoms with E-state index in [0.717, 1.165) is 24.1 Å². The molecule has 2 N–H and O–H groups in total. The van der Waals surface area contributed by atoms with E-state index in [-0.39, 0.29) is 23.9 Å². The second kappa shape index (κ2) is 9.80. The highest BCUT2D eigenvalue weighted by molar-refractivity contribution is 5.74. The van der Waals surface area contributed by atoms with Crippen LogP contribution in [-0.4, -0.2) is 44.3 Å². The topological polar surface area (TPSA) is 62.8 Å². The number of carbonyl (C=O) groups is 1. The Morgan fingerprint density at radius 2 is 1.87 bits per heavy atom. The predicted molar refractivity (Wildman–Crippen MR) is 114 cm³/mol. The van der Waals surface area contributed by atoms with Crippen molar-refractivity contribution in [1.29, 1.82) is 0 Å². The van der Waals surface area contributed by atoms with Gasteiger partial charge in [0.05, 0.1) is 20.3 Å². The molecular formula is C23H30FN3O3. The van der Waals surface area contributed by atoms with Crippen LogP contribution in [0.25, 0.3) is 0 Å². The molecule has 0 aromatic heterocycles. The van der Waals surface area contributed by atoms with Crippen LogP contribution >= 0.6 is 0 Å². The number of methoxy groups -OCH3 is 2. The van der Waals surface area contributed by atoms with Crippen LogP contribution in [0.1, 0.15) is 36.6 Å². The Balaban J connectivity index is 1.96. The van der Waals surface area contributed by atoms with Crippen molar-refractivity contribution in [3.8, 4) is 11.5 Å². The first-order chi connectivity index (χ1) is 14.5. The van der Waals surface area contributed by atoms with Crippen molar-refractivity contribution < 1.29 is 18.7 Å². The Labute approximate surface area is 177 Å². The van der Waals surface area contributed by atoms with Gasteiger partial charge < -0.3 is 20.1 Å². The molecule has 0 bridgehead atoms. The molecule has 162 valence electrons. The van der Waals surface area contributed by atoms with Crippen LogP contribution in [-0.2, 0) is 13.0 Å². The Bertz CT molecular complexity index is 873. The quantitative estimate of drug-likeness (QED) is 0.725. The lowest BCUT2D eigenvalue weighted by Crippen LogP contribution is -2.49. The molecule has 0 aliphatic carbocycles. The van der Waals surface area contributed by atoms with E-state index < -0.39 is 0 Å². The number of nitrogens with one attached hydrogen (secondary N) is 2. The zero-order valence-corrected chi connectivity index (χ0v) is 18.0. The number of benzene rings is 2. The number of hydrogen-bond acceptors (Lipinski definition) is 4. The SMILES string of the molecule is CCNC(=O)N[C@@H](C)[C@H]1c2cc(OC)c(OC)cc2CCN1Cc1ccc(F)cc1. The first-order valence-electron chi connectivity index (χ1n) is 10.2. The monoisotopic (exact) mass is 415 g/mol. The molecule has 0 fully saturated rings. The van der Waals surface area contributed by atoms with Crippen LogP contribution in [0.4, 0.5) is 9.18 Å². The van der Waals surface area contributed by atoms with Gasteiger partial charge >= 0.3 is 6.03 Å². The van der Waals surface area contributed by atoms with E-state index in [1.165, 1.54) is 17.7 Å². The summed E-state index contributed by atoms with van der Waals surface area (Å²) in [4.78, 5) is 14.5. The maximum atomic E-state index is 13.3. The Hall–Kier alpha value is -2.80. The normalized spacial score (nSPS) is 17.0. The van der Waals surface area contributed by atoms with E-state index >= 15 is 0 Å². The first kappa shape index (κ1) is 21.9. The zero-order valence-electron chi connectivity index (χ0n) is 18.0. The van der Waals surface area contributed by atoms with Crippen LogP contribution in [0.3, 0.4) is 0 Å². The van der Waals surface area contributed by atoms with Gasteiger partial charge in [-0.2, -0.15) is 0 Å². The lowest BCUT2D eigenvalue weighted by molar-refractivity contribution is 0.143. The molecule has 0 saturated heterocycles. The van der Waals surface area contributed by atoms with E-state index in [9.17, 15) is 9.18 Å². The molecule has 30 heavy (non-hydrogen) atoms. The van der Waals surface area contributed by atoms with Gasteiger partial charge in [0, 0.05) is 25.7 Å². The molecule has 0 unspecified atom stereocenters. The summed E-state index contributed by atoms with van der Waals surface area (Å²) in [6.07, 6.45) is 0.848. The van der Waals surface area contributed by atoms with E-state index in [2.05, 4.69) is 15.5 Å². The fourth-order valence-electron chi connectivity index (χ4n) is 4.11. The van der Waals surface area contributed by atoms with Crippen LogP contribution < -0.4 is 20.1 Å². The summed E-state index contributed by atoms with van der Waals surface area (Å²) in [5.74, 6) is 1.11. The highest BCUT2D eigenvalue weighted by atomic mass is 19.1. The second-order valence-electron chi connectivity index (χ2n) is 7.49. The van der Waals surface area contributed by atoms with Crippen LogP contribution in [0.2, 0.25) is 0 Å². The minimum absolute atomic E-state index is 0.0683. The largest absolute Gasteiger partial charge is 0.493 e. The highest BCUT2D eigenvalue weighted by Gasteiger charge is 2.33. The summed E-state index contributed by atoms with van der Waals surface area (Å²) >= 11 is 0. The van der Waals surface area contributed by atoms with Gasteiger partial charge in [-0.25, -0.2) is 9.18 Å². The molecule has 7 heteroatoms. The minimum atomic E-state index is -0.248. The van der Waals surface area contributed by atoms with Crippen molar-refractivity contribution in [3.05, 3.63) is 58.9 Å². The fraction of sp³-hybridized carbons (Fsp3) is 0.435. The molecule has 1 aliphatic rings. The van der Waals surface area contributed by atoms with E-state index in [1.807, 2.05) is 26.0 Å². The molecule has 0 radical (unpaired) electrons. The third-order valence-electron chi connectivity index (χ3n) is 5.49. The zero-order chi connectivity index (χ0) is 21.7. The molecule has 1 heterocycles. The van der Waals surface area contributed by atoms with E-state index in [4.69, 9.17) is 9.47 Å². The van der Waals surface area contributed by atoms with Gasteiger partial charge in [0.15, 0.2) is 11.5 Å². The molecular weight excluding hydrogens is 385 g/mol. The summed E-state index contributed by atoms with van der Waals surface area (Å²) in [6.45, 7) is 5.91. The van der Waals surface area contributed by atoms with Gasteiger partial charge in [-0.1, -0.05) is 12.1 Å². The van der Waals surface area contributed by atoms with Gasteiger partial charge in [-0.15, -0.1) is 0 Å². The number of fused-ring (bicyclic) bond motifs is 1. The molecule has 0 spiro atoms. The number of ether oxygens (including phenoxy) is 2. The van der Waals surface area contributed by atoms with Crippen LogP contribution in [0.5, 0.6) is 11.5 Å². The van der Waals surface area contributed by atoms with Crippen molar-refractivity contribution in [1.82, 2.24) is 15.5 Å². The number of urea groups is 1. The molecule has 3 rings (SSSR count).